The monoisotopic (exact) mass is 357 g/mol. The predicted molar refractivity (Wildman–Crippen MR) is 113 cm³/mol. The van der Waals surface area contributed by atoms with E-state index in [1.54, 1.807) is 0 Å². The van der Waals surface area contributed by atoms with E-state index in [-0.39, 0.29) is 12.4 Å². The third kappa shape index (κ3) is 3.68. The summed E-state index contributed by atoms with van der Waals surface area (Å²) in [4.78, 5) is 0. The molecular formula is C24H20ClN. The van der Waals surface area contributed by atoms with Crippen LogP contribution in [0.1, 0.15) is 22.3 Å². The largest absolute Gasteiger partial charge is 0.300 e. The van der Waals surface area contributed by atoms with Gasteiger partial charge in [-0.1, -0.05) is 91.0 Å². The van der Waals surface area contributed by atoms with Gasteiger partial charge >= 0.3 is 0 Å². The summed E-state index contributed by atoms with van der Waals surface area (Å²) >= 11 is 0. The van der Waals surface area contributed by atoms with Crippen molar-refractivity contribution >= 4 is 28.9 Å². The van der Waals surface area contributed by atoms with Gasteiger partial charge in [-0.25, -0.2) is 0 Å². The quantitative estimate of drug-likeness (QED) is 0.416. The molecule has 0 saturated heterocycles. The molecule has 1 N–H and O–H groups in total. The van der Waals surface area contributed by atoms with Gasteiger partial charge in [-0.3, -0.25) is 5.41 Å². The van der Waals surface area contributed by atoms with Crippen molar-refractivity contribution in [1.29, 1.82) is 5.41 Å². The first-order chi connectivity index (χ1) is 12.3. The number of nitrogens with one attached hydrogen (secondary N) is 1. The molecule has 0 aromatic heterocycles. The van der Waals surface area contributed by atoms with E-state index in [1.165, 1.54) is 21.9 Å². The van der Waals surface area contributed by atoms with Gasteiger partial charge in [0.2, 0.25) is 0 Å². The molecule has 0 amide bonds. The van der Waals surface area contributed by atoms with Crippen molar-refractivity contribution in [3.05, 3.63) is 119 Å². The molecule has 0 aliphatic carbocycles. The molecule has 0 fully saturated rings. The van der Waals surface area contributed by atoms with Crippen molar-refractivity contribution < 1.29 is 0 Å². The fraction of sp³-hybridized carbons (Fsp3) is 0.0417. The van der Waals surface area contributed by atoms with Gasteiger partial charge in [0, 0.05) is 11.1 Å². The maximum Gasteiger partial charge on any atom is 0.0687 e. The molecule has 128 valence electrons. The Morgan fingerprint density at radius 3 is 2.12 bits per heavy atom. The Morgan fingerprint density at radius 2 is 1.31 bits per heavy atom. The second kappa shape index (κ2) is 7.99. The summed E-state index contributed by atoms with van der Waals surface area (Å²) in [6.07, 6.45) is 0.840. The van der Waals surface area contributed by atoms with Gasteiger partial charge in [-0.15, -0.1) is 12.4 Å². The first kappa shape index (κ1) is 17.9. The van der Waals surface area contributed by atoms with Gasteiger partial charge in [-0.2, -0.15) is 0 Å². The lowest BCUT2D eigenvalue weighted by atomic mass is 9.93. The maximum absolute atomic E-state index is 8.75. The van der Waals surface area contributed by atoms with E-state index in [1.807, 2.05) is 30.3 Å². The lowest BCUT2D eigenvalue weighted by molar-refractivity contribution is 1.18. The molecule has 0 heterocycles. The highest BCUT2D eigenvalue weighted by molar-refractivity contribution is 6.13. The van der Waals surface area contributed by atoms with E-state index in [0.29, 0.717) is 5.71 Å². The van der Waals surface area contributed by atoms with Gasteiger partial charge < -0.3 is 0 Å². The fourth-order valence-electron chi connectivity index (χ4n) is 3.23. The highest BCUT2D eigenvalue weighted by Crippen LogP contribution is 2.21. The van der Waals surface area contributed by atoms with E-state index < -0.39 is 0 Å². The van der Waals surface area contributed by atoms with Crippen LogP contribution in [0, 0.1) is 5.41 Å². The van der Waals surface area contributed by atoms with Crippen LogP contribution in [0.5, 0.6) is 0 Å². The molecule has 0 bridgehead atoms. The summed E-state index contributed by atoms with van der Waals surface area (Å²) in [5.74, 6) is 0. The summed E-state index contributed by atoms with van der Waals surface area (Å²) in [5.41, 5.74) is 4.99. The topological polar surface area (TPSA) is 23.9 Å². The first-order valence-corrected chi connectivity index (χ1v) is 8.51. The highest BCUT2D eigenvalue weighted by Gasteiger charge is 2.10. The van der Waals surface area contributed by atoms with Crippen LogP contribution in [0.3, 0.4) is 0 Å². The molecule has 0 saturated carbocycles. The normalized spacial score (nSPS) is 10.3. The summed E-state index contributed by atoms with van der Waals surface area (Å²) in [6.45, 7) is 0. The van der Waals surface area contributed by atoms with E-state index in [2.05, 4.69) is 66.7 Å². The fourth-order valence-corrected chi connectivity index (χ4v) is 3.23. The Balaban J connectivity index is 0.00000196. The molecule has 0 aliphatic rings. The average Bonchev–Trinajstić information content (AvgIpc) is 2.68. The van der Waals surface area contributed by atoms with Crippen LogP contribution in [0.4, 0.5) is 0 Å². The number of fused-ring (bicyclic) bond motifs is 1. The zero-order chi connectivity index (χ0) is 17.1. The maximum atomic E-state index is 8.75. The third-order valence-electron chi connectivity index (χ3n) is 4.56. The minimum absolute atomic E-state index is 0. The summed E-state index contributed by atoms with van der Waals surface area (Å²) < 4.78 is 0. The lowest BCUT2D eigenvalue weighted by Crippen LogP contribution is -2.06. The second-order valence-electron chi connectivity index (χ2n) is 6.26. The van der Waals surface area contributed by atoms with Gasteiger partial charge in [0.15, 0.2) is 0 Å². The van der Waals surface area contributed by atoms with E-state index in [4.69, 9.17) is 5.41 Å². The van der Waals surface area contributed by atoms with Gasteiger partial charge in [0.25, 0.3) is 0 Å². The Morgan fingerprint density at radius 1 is 0.654 bits per heavy atom. The number of hydrogen-bond acceptors (Lipinski definition) is 1. The molecule has 0 aliphatic heterocycles. The highest BCUT2D eigenvalue weighted by atomic mass is 35.5. The standard InChI is InChI=1S/C24H19N.ClH/c25-24(22-15-14-19-10-4-5-11-20(19)17-22)23-13-7-6-12-21(23)16-18-8-2-1-3-9-18;/h1-15,17,25H,16H2;1H. The molecule has 26 heavy (non-hydrogen) atoms. The molecule has 0 spiro atoms. The zero-order valence-electron chi connectivity index (χ0n) is 14.4. The number of halogens is 1. The smallest absolute Gasteiger partial charge is 0.0687 e. The number of rotatable bonds is 4. The first-order valence-electron chi connectivity index (χ1n) is 8.51. The molecule has 0 radical (unpaired) electrons. The SMILES string of the molecule is Cl.N=C(c1ccc2ccccc2c1)c1ccccc1Cc1ccccc1. The zero-order valence-corrected chi connectivity index (χ0v) is 15.2. The third-order valence-corrected chi connectivity index (χ3v) is 4.56. The minimum atomic E-state index is 0. The van der Waals surface area contributed by atoms with Gasteiger partial charge in [-0.05, 0) is 34.4 Å². The average molecular weight is 358 g/mol. The summed E-state index contributed by atoms with van der Waals surface area (Å²) in [6, 6.07) is 33.2. The van der Waals surface area contributed by atoms with Crippen LogP contribution < -0.4 is 0 Å². The van der Waals surface area contributed by atoms with Crippen molar-refractivity contribution in [3.8, 4) is 0 Å². The molecule has 1 nitrogen and oxygen atoms in total. The van der Waals surface area contributed by atoms with Crippen molar-refractivity contribution in [2.45, 2.75) is 6.42 Å². The minimum Gasteiger partial charge on any atom is -0.300 e. The molecule has 0 atom stereocenters. The van der Waals surface area contributed by atoms with Crippen LogP contribution in [-0.2, 0) is 6.42 Å². The van der Waals surface area contributed by atoms with Crippen molar-refractivity contribution in [3.63, 3.8) is 0 Å². The Hall–Kier alpha value is -2.90. The van der Waals surface area contributed by atoms with Crippen molar-refractivity contribution in [1.82, 2.24) is 0 Å². The summed E-state index contributed by atoms with van der Waals surface area (Å²) in [5, 5.41) is 11.1. The van der Waals surface area contributed by atoms with Gasteiger partial charge in [0.1, 0.15) is 0 Å². The van der Waals surface area contributed by atoms with Crippen LogP contribution in [0.2, 0.25) is 0 Å². The molecule has 0 unspecified atom stereocenters. The van der Waals surface area contributed by atoms with E-state index in [0.717, 1.165) is 17.5 Å². The lowest BCUT2D eigenvalue weighted by Gasteiger charge is -2.12. The van der Waals surface area contributed by atoms with Crippen LogP contribution >= 0.6 is 12.4 Å². The second-order valence-corrected chi connectivity index (χ2v) is 6.26. The van der Waals surface area contributed by atoms with E-state index >= 15 is 0 Å². The van der Waals surface area contributed by atoms with Crippen LogP contribution in [-0.4, -0.2) is 5.71 Å². The Bertz CT molecular complexity index is 1040. The number of hydrogen-bond donors (Lipinski definition) is 1. The van der Waals surface area contributed by atoms with Crippen molar-refractivity contribution in [2.75, 3.05) is 0 Å². The van der Waals surface area contributed by atoms with Crippen LogP contribution in [0.25, 0.3) is 10.8 Å². The molecule has 4 rings (SSSR count). The van der Waals surface area contributed by atoms with Gasteiger partial charge in [0.05, 0.1) is 5.71 Å². The molecule has 4 aromatic carbocycles. The van der Waals surface area contributed by atoms with Crippen LogP contribution in [0.15, 0.2) is 97.1 Å². The molecular weight excluding hydrogens is 338 g/mol. The van der Waals surface area contributed by atoms with E-state index in [9.17, 15) is 0 Å². The Labute approximate surface area is 160 Å². The summed E-state index contributed by atoms with van der Waals surface area (Å²) in [7, 11) is 0. The molecule has 2 heteroatoms. The Kier molecular flexibility index (Phi) is 5.50. The molecule has 4 aromatic rings. The van der Waals surface area contributed by atoms with Crippen molar-refractivity contribution in [2.24, 2.45) is 0 Å². The number of benzene rings is 4. The predicted octanol–water partition coefficient (Wildman–Crippen LogP) is 6.27.